The molecule has 1 aromatic heterocycles. The number of Topliss-reactive ketones (excluding diaryl/α,β-unsaturated/α-hetero) is 1. The SMILES string of the molecule is COc1cc(C[NH+](C)[C@H](C)C(=O)c2c(C)[nH]c3ccccc23)ccc1OC(F)F. The molecule has 0 bridgehead atoms. The quantitative estimate of drug-likeness (QED) is 0.567. The first kappa shape index (κ1) is 20.8. The lowest BCUT2D eigenvalue weighted by atomic mass is 10.0. The van der Waals surface area contributed by atoms with Gasteiger partial charge in [-0.05, 0) is 38.1 Å². The summed E-state index contributed by atoms with van der Waals surface area (Å²) in [5.74, 6) is 0.284. The fourth-order valence-electron chi connectivity index (χ4n) is 3.52. The van der Waals surface area contributed by atoms with E-state index in [1.54, 1.807) is 12.1 Å². The number of carbonyl (C=O) groups excluding carboxylic acids is 1. The van der Waals surface area contributed by atoms with Crippen LogP contribution in [0.15, 0.2) is 42.5 Å². The van der Waals surface area contributed by atoms with E-state index in [2.05, 4.69) is 9.72 Å². The van der Waals surface area contributed by atoms with Gasteiger partial charge in [-0.2, -0.15) is 8.78 Å². The first-order valence-corrected chi connectivity index (χ1v) is 9.37. The third-order valence-corrected chi connectivity index (χ3v) is 5.20. The van der Waals surface area contributed by atoms with Crippen molar-refractivity contribution < 1.29 is 27.9 Å². The Kier molecular flexibility index (Phi) is 6.17. The van der Waals surface area contributed by atoms with E-state index >= 15 is 0 Å². The Bertz CT molecular complexity index is 1020. The molecule has 5 nitrogen and oxygen atoms in total. The molecule has 0 saturated carbocycles. The normalized spacial score (nSPS) is 13.5. The predicted molar refractivity (Wildman–Crippen MR) is 107 cm³/mol. The van der Waals surface area contributed by atoms with E-state index in [0.717, 1.165) is 27.1 Å². The van der Waals surface area contributed by atoms with Gasteiger partial charge in [0.05, 0.1) is 19.7 Å². The van der Waals surface area contributed by atoms with Gasteiger partial charge in [0.25, 0.3) is 0 Å². The van der Waals surface area contributed by atoms with Gasteiger partial charge in [-0.25, -0.2) is 0 Å². The van der Waals surface area contributed by atoms with Crippen molar-refractivity contribution in [2.45, 2.75) is 33.0 Å². The van der Waals surface area contributed by atoms with E-state index in [0.29, 0.717) is 12.1 Å². The number of ketones is 1. The van der Waals surface area contributed by atoms with E-state index in [9.17, 15) is 13.6 Å². The Morgan fingerprint density at radius 2 is 1.90 bits per heavy atom. The van der Waals surface area contributed by atoms with Crippen molar-refractivity contribution in [3.8, 4) is 11.5 Å². The molecule has 0 fully saturated rings. The third-order valence-electron chi connectivity index (χ3n) is 5.20. The standard InChI is InChI=1S/C22H24F2N2O3/c1-13-20(16-7-5-6-8-17(16)25-13)21(27)14(2)26(3)12-15-9-10-18(29-22(23)24)19(11-15)28-4/h5-11,14,22,25H,12H2,1-4H3/p+1/t14-/m1/s1. The lowest BCUT2D eigenvalue weighted by Gasteiger charge is -2.21. The zero-order valence-corrected chi connectivity index (χ0v) is 16.9. The molecule has 154 valence electrons. The van der Waals surface area contributed by atoms with Crippen LogP contribution >= 0.6 is 0 Å². The topological polar surface area (TPSA) is 55.8 Å². The number of benzene rings is 2. The van der Waals surface area contributed by atoms with Crippen LogP contribution in [0.3, 0.4) is 0 Å². The Morgan fingerprint density at radius 1 is 1.17 bits per heavy atom. The number of ether oxygens (including phenoxy) is 2. The molecule has 0 radical (unpaired) electrons. The second-order valence-electron chi connectivity index (χ2n) is 7.14. The zero-order valence-electron chi connectivity index (χ0n) is 16.9. The minimum atomic E-state index is -2.92. The van der Waals surface area contributed by atoms with Gasteiger partial charge in [-0.15, -0.1) is 0 Å². The molecule has 0 amide bonds. The number of likely N-dealkylation sites (N-methyl/N-ethyl adjacent to an activating group) is 1. The van der Waals surface area contributed by atoms with E-state index in [-0.39, 0.29) is 23.3 Å². The van der Waals surface area contributed by atoms with Gasteiger partial charge in [0.2, 0.25) is 5.78 Å². The maximum atomic E-state index is 13.2. The third kappa shape index (κ3) is 4.40. The zero-order chi connectivity index (χ0) is 21.1. The average Bonchev–Trinajstić information content (AvgIpc) is 3.03. The number of quaternary nitrogens is 1. The number of methoxy groups -OCH3 is 1. The number of aromatic nitrogens is 1. The second kappa shape index (κ2) is 8.61. The molecule has 0 aliphatic carbocycles. The summed E-state index contributed by atoms with van der Waals surface area (Å²) >= 11 is 0. The van der Waals surface area contributed by atoms with Crippen LogP contribution in [0, 0.1) is 6.92 Å². The first-order chi connectivity index (χ1) is 13.8. The van der Waals surface area contributed by atoms with Crippen LogP contribution < -0.4 is 14.4 Å². The number of carbonyl (C=O) groups is 1. The van der Waals surface area contributed by atoms with Crippen LogP contribution in [0.4, 0.5) is 8.78 Å². The Balaban J connectivity index is 1.79. The number of rotatable bonds is 8. The number of hydrogen-bond donors (Lipinski definition) is 2. The van der Waals surface area contributed by atoms with Crippen molar-refractivity contribution in [1.82, 2.24) is 4.98 Å². The summed E-state index contributed by atoms with van der Waals surface area (Å²) < 4.78 is 34.6. The number of aromatic amines is 1. The number of halogens is 2. The lowest BCUT2D eigenvalue weighted by molar-refractivity contribution is -0.907. The van der Waals surface area contributed by atoms with Crippen molar-refractivity contribution in [2.24, 2.45) is 0 Å². The molecular formula is C22H25F2N2O3+. The number of hydrogen-bond acceptors (Lipinski definition) is 3. The fourth-order valence-corrected chi connectivity index (χ4v) is 3.52. The highest BCUT2D eigenvalue weighted by Crippen LogP contribution is 2.29. The maximum Gasteiger partial charge on any atom is 0.387 e. The van der Waals surface area contributed by atoms with E-state index < -0.39 is 6.61 Å². The smallest absolute Gasteiger partial charge is 0.387 e. The van der Waals surface area contributed by atoms with Crippen LogP contribution in [-0.4, -0.2) is 37.6 Å². The van der Waals surface area contributed by atoms with Crippen LogP contribution in [-0.2, 0) is 6.54 Å². The number of para-hydroxylation sites is 1. The maximum absolute atomic E-state index is 13.2. The Morgan fingerprint density at radius 3 is 2.59 bits per heavy atom. The van der Waals surface area contributed by atoms with E-state index in [1.165, 1.54) is 13.2 Å². The average molecular weight is 403 g/mol. The highest BCUT2D eigenvalue weighted by Gasteiger charge is 2.27. The minimum Gasteiger partial charge on any atom is -0.493 e. The first-order valence-electron chi connectivity index (χ1n) is 9.37. The largest absolute Gasteiger partial charge is 0.493 e. The van der Waals surface area contributed by atoms with Crippen molar-refractivity contribution >= 4 is 16.7 Å². The molecule has 0 spiro atoms. The van der Waals surface area contributed by atoms with Gasteiger partial charge in [0.1, 0.15) is 12.6 Å². The lowest BCUT2D eigenvalue weighted by Crippen LogP contribution is -3.12. The van der Waals surface area contributed by atoms with Crippen LogP contribution in [0.2, 0.25) is 0 Å². The fraction of sp³-hybridized carbons (Fsp3) is 0.318. The summed E-state index contributed by atoms with van der Waals surface area (Å²) in [7, 11) is 3.34. The molecule has 1 unspecified atom stereocenters. The molecule has 3 aromatic rings. The van der Waals surface area contributed by atoms with Crippen molar-refractivity contribution in [3.05, 3.63) is 59.3 Å². The van der Waals surface area contributed by atoms with Crippen LogP contribution in [0.5, 0.6) is 11.5 Å². The van der Waals surface area contributed by atoms with Gasteiger partial charge in [-0.1, -0.05) is 18.2 Å². The monoisotopic (exact) mass is 403 g/mol. The highest BCUT2D eigenvalue weighted by atomic mass is 19.3. The molecule has 0 aliphatic heterocycles. The molecule has 29 heavy (non-hydrogen) atoms. The molecule has 2 N–H and O–H groups in total. The van der Waals surface area contributed by atoms with Crippen LogP contribution in [0.25, 0.3) is 10.9 Å². The molecular weight excluding hydrogens is 378 g/mol. The van der Waals surface area contributed by atoms with Gasteiger partial charge in [0, 0.05) is 22.2 Å². The second-order valence-corrected chi connectivity index (χ2v) is 7.14. The van der Waals surface area contributed by atoms with E-state index in [4.69, 9.17) is 4.74 Å². The summed E-state index contributed by atoms with van der Waals surface area (Å²) in [6.45, 7) is 1.41. The highest BCUT2D eigenvalue weighted by molar-refractivity contribution is 6.10. The molecule has 7 heteroatoms. The number of alkyl halides is 2. The minimum absolute atomic E-state index is 0.0116. The van der Waals surface area contributed by atoms with Crippen molar-refractivity contribution in [2.75, 3.05) is 14.2 Å². The van der Waals surface area contributed by atoms with Gasteiger partial charge >= 0.3 is 6.61 Å². The van der Waals surface area contributed by atoms with Crippen molar-refractivity contribution in [3.63, 3.8) is 0 Å². The number of H-pyrrole nitrogens is 1. The Labute approximate surface area is 168 Å². The number of aryl methyl sites for hydroxylation is 1. The summed E-state index contributed by atoms with van der Waals surface area (Å²) in [5.41, 5.74) is 3.37. The number of fused-ring (bicyclic) bond motifs is 1. The molecule has 2 atom stereocenters. The predicted octanol–water partition coefficient (Wildman–Crippen LogP) is 3.37. The summed E-state index contributed by atoms with van der Waals surface area (Å²) in [6.07, 6.45) is 0. The van der Waals surface area contributed by atoms with Crippen LogP contribution in [0.1, 0.15) is 28.5 Å². The molecule has 2 aromatic carbocycles. The summed E-state index contributed by atoms with van der Waals surface area (Å²) in [4.78, 5) is 17.4. The molecule has 3 rings (SSSR count). The van der Waals surface area contributed by atoms with E-state index in [1.807, 2.05) is 45.2 Å². The van der Waals surface area contributed by atoms with Gasteiger partial charge < -0.3 is 19.4 Å². The van der Waals surface area contributed by atoms with Gasteiger partial charge in [0.15, 0.2) is 11.5 Å². The molecule has 0 saturated heterocycles. The van der Waals surface area contributed by atoms with Crippen molar-refractivity contribution in [1.29, 1.82) is 0 Å². The molecule has 1 heterocycles. The summed E-state index contributed by atoms with van der Waals surface area (Å²) in [5, 5.41) is 0.921. The summed E-state index contributed by atoms with van der Waals surface area (Å²) in [6, 6.07) is 12.3. The molecule has 0 aliphatic rings. The number of nitrogens with one attached hydrogen (secondary N) is 2. The Hall–Kier alpha value is -2.93. The van der Waals surface area contributed by atoms with Gasteiger partial charge in [-0.3, -0.25) is 4.79 Å².